The molecule has 0 heterocycles. The summed E-state index contributed by atoms with van der Waals surface area (Å²) in [7, 11) is 0. The van der Waals surface area contributed by atoms with Crippen molar-refractivity contribution >= 4 is 0 Å². The van der Waals surface area contributed by atoms with Gasteiger partial charge in [0.2, 0.25) is 0 Å². The molecule has 0 rings (SSSR count). The van der Waals surface area contributed by atoms with Crippen molar-refractivity contribution in [2.45, 2.75) is 0 Å². The Balaban J connectivity index is 2.89. The zero-order valence-electron chi connectivity index (χ0n) is 12.0. The van der Waals surface area contributed by atoms with E-state index in [1.807, 2.05) is 0 Å². The highest BCUT2D eigenvalue weighted by atomic mass is 16.6. The van der Waals surface area contributed by atoms with E-state index in [9.17, 15) is 0 Å². The van der Waals surface area contributed by atoms with Gasteiger partial charge in [0.05, 0.1) is 79.3 Å². The number of rotatable bonds is 17. The molecule has 122 valence electrons. The van der Waals surface area contributed by atoms with E-state index in [1.165, 1.54) is 0 Å². The van der Waals surface area contributed by atoms with Gasteiger partial charge in [-0.15, -0.1) is 0 Å². The summed E-state index contributed by atoms with van der Waals surface area (Å²) in [6.45, 7) is 5.35. The van der Waals surface area contributed by atoms with Crippen molar-refractivity contribution in [3.8, 4) is 0 Å². The lowest BCUT2D eigenvalue weighted by Gasteiger charge is -2.07. The SMILES string of the molecule is NOCCOCCOCCOCCOCCOCCO. The first-order valence-electron chi connectivity index (χ1n) is 6.73. The van der Waals surface area contributed by atoms with Crippen molar-refractivity contribution in [2.24, 2.45) is 5.90 Å². The van der Waals surface area contributed by atoms with Gasteiger partial charge in [-0.3, -0.25) is 0 Å². The minimum Gasteiger partial charge on any atom is -0.394 e. The Kier molecular flexibility index (Phi) is 18.4. The van der Waals surface area contributed by atoms with Crippen molar-refractivity contribution in [2.75, 3.05) is 79.3 Å². The van der Waals surface area contributed by atoms with Crippen LogP contribution in [-0.2, 0) is 28.5 Å². The summed E-state index contributed by atoms with van der Waals surface area (Å²) < 4.78 is 26.0. The zero-order valence-corrected chi connectivity index (χ0v) is 12.0. The van der Waals surface area contributed by atoms with Gasteiger partial charge in [-0.1, -0.05) is 0 Å². The van der Waals surface area contributed by atoms with E-state index >= 15 is 0 Å². The molecule has 20 heavy (non-hydrogen) atoms. The van der Waals surface area contributed by atoms with E-state index in [0.29, 0.717) is 72.7 Å². The summed E-state index contributed by atoms with van der Waals surface area (Å²) in [5, 5.41) is 8.47. The molecule has 0 aromatic rings. The summed E-state index contributed by atoms with van der Waals surface area (Å²) in [5.41, 5.74) is 0. The maximum Gasteiger partial charge on any atom is 0.0913 e. The third-order valence-electron chi connectivity index (χ3n) is 2.07. The van der Waals surface area contributed by atoms with Crippen LogP contribution in [0.3, 0.4) is 0 Å². The highest BCUT2D eigenvalue weighted by Gasteiger charge is 1.93. The van der Waals surface area contributed by atoms with Crippen molar-refractivity contribution < 1.29 is 33.6 Å². The predicted octanol–water partition coefficient (Wildman–Crippen LogP) is -1.05. The Labute approximate surface area is 120 Å². The average molecular weight is 297 g/mol. The Hall–Kier alpha value is -0.320. The van der Waals surface area contributed by atoms with Crippen LogP contribution in [0.1, 0.15) is 0 Å². The maximum absolute atomic E-state index is 8.47. The fourth-order valence-corrected chi connectivity index (χ4v) is 1.15. The van der Waals surface area contributed by atoms with Gasteiger partial charge in [0, 0.05) is 0 Å². The highest BCUT2D eigenvalue weighted by molar-refractivity contribution is 4.36. The summed E-state index contributed by atoms with van der Waals surface area (Å²) >= 11 is 0. The highest BCUT2D eigenvalue weighted by Crippen LogP contribution is 1.83. The standard InChI is InChI=1S/C12H27NO7/c13-20-12-11-19-10-9-18-8-7-17-6-5-16-4-3-15-2-1-14/h14H,1-13H2. The van der Waals surface area contributed by atoms with Crippen molar-refractivity contribution in [3.63, 3.8) is 0 Å². The van der Waals surface area contributed by atoms with Gasteiger partial charge in [-0.25, -0.2) is 5.90 Å². The molecule has 0 fully saturated rings. The van der Waals surface area contributed by atoms with Gasteiger partial charge in [0.25, 0.3) is 0 Å². The van der Waals surface area contributed by atoms with E-state index < -0.39 is 0 Å². The molecule has 3 N–H and O–H groups in total. The van der Waals surface area contributed by atoms with Crippen LogP contribution in [0.15, 0.2) is 0 Å². The molecule has 0 aromatic heterocycles. The van der Waals surface area contributed by atoms with Gasteiger partial charge in [-0.05, 0) is 0 Å². The first kappa shape index (κ1) is 19.7. The molecule has 0 atom stereocenters. The molecule has 0 unspecified atom stereocenters. The van der Waals surface area contributed by atoms with E-state index in [2.05, 4.69) is 4.84 Å². The van der Waals surface area contributed by atoms with Crippen LogP contribution in [0, 0.1) is 0 Å². The summed E-state index contributed by atoms with van der Waals surface area (Å²) in [5.74, 6) is 4.83. The second kappa shape index (κ2) is 18.7. The Morgan fingerprint density at radius 2 is 0.800 bits per heavy atom. The third kappa shape index (κ3) is 17.7. The van der Waals surface area contributed by atoms with Crippen molar-refractivity contribution in [1.29, 1.82) is 0 Å². The van der Waals surface area contributed by atoms with Crippen LogP contribution >= 0.6 is 0 Å². The molecule has 0 saturated heterocycles. The molecular weight excluding hydrogens is 270 g/mol. The van der Waals surface area contributed by atoms with E-state index in [0.717, 1.165) is 0 Å². The quantitative estimate of drug-likeness (QED) is 0.259. The Bertz CT molecular complexity index is 156. The minimum absolute atomic E-state index is 0.0367. The maximum atomic E-state index is 8.47. The number of aliphatic hydroxyl groups excluding tert-OH is 1. The summed E-state index contributed by atoms with van der Waals surface area (Å²) in [6, 6.07) is 0. The van der Waals surface area contributed by atoms with Crippen LogP contribution < -0.4 is 5.90 Å². The lowest BCUT2D eigenvalue weighted by molar-refractivity contribution is -0.0182. The lowest BCUT2D eigenvalue weighted by Crippen LogP contribution is -2.14. The second-order valence-electron chi connectivity index (χ2n) is 3.66. The molecule has 0 bridgehead atoms. The molecule has 8 nitrogen and oxygen atoms in total. The molecule has 0 spiro atoms. The topological polar surface area (TPSA) is 102 Å². The Morgan fingerprint density at radius 3 is 1.10 bits per heavy atom. The monoisotopic (exact) mass is 297 g/mol. The number of aliphatic hydroxyl groups is 1. The zero-order chi connectivity index (χ0) is 14.7. The molecule has 0 saturated carbocycles. The molecule has 8 heteroatoms. The number of hydrogen-bond donors (Lipinski definition) is 2. The van der Waals surface area contributed by atoms with Crippen LogP contribution in [0.5, 0.6) is 0 Å². The van der Waals surface area contributed by atoms with Crippen molar-refractivity contribution in [1.82, 2.24) is 0 Å². The fourth-order valence-electron chi connectivity index (χ4n) is 1.15. The van der Waals surface area contributed by atoms with Gasteiger partial charge in [0.1, 0.15) is 0 Å². The Morgan fingerprint density at radius 1 is 0.500 bits per heavy atom. The third-order valence-corrected chi connectivity index (χ3v) is 2.07. The molecule has 0 aromatic carbocycles. The molecule has 0 aliphatic rings. The van der Waals surface area contributed by atoms with Crippen molar-refractivity contribution in [3.05, 3.63) is 0 Å². The molecule has 0 aliphatic heterocycles. The first-order valence-corrected chi connectivity index (χ1v) is 6.73. The molecule has 0 aliphatic carbocycles. The van der Waals surface area contributed by atoms with Crippen LogP contribution in [0.25, 0.3) is 0 Å². The van der Waals surface area contributed by atoms with E-state index in [4.69, 9.17) is 34.7 Å². The molecule has 0 amide bonds. The largest absolute Gasteiger partial charge is 0.394 e. The van der Waals surface area contributed by atoms with E-state index in [1.54, 1.807) is 0 Å². The van der Waals surface area contributed by atoms with E-state index in [-0.39, 0.29) is 6.61 Å². The number of nitrogens with two attached hydrogens (primary N) is 1. The van der Waals surface area contributed by atoms with Gasteiger partial charge >= 0.3 is 0 Å². The number of hydrogen-bond acceptors (Lipinski definition) is 8. The summed E-state index contributed by atoms with van der Waals surface area (Å²) in [6.07, 6.45) is 0. The average Bonchev–Trinajstić information content (AvgIpc) is 2.47. The normalized spacial score (nSPS) is 11.1. The molecule has 0 radical (unpaired) electrons. The first-order chi connectivity index (χ1) is 9.91. The lowest BCUT2D eigenvalue weighted by atomic mass is 10.7. The van der Waals surface area contributed by atoms with Crippen LogP contribution in [0.2, 0.25) is 0 Å². The fraction of sp³-hybridized carbons (Fsp3) is 1.00. The van der Waals surface area contributed by atoms with Crippen LogP contribution in [-0.4, -0.2) is 84.4 Å². The smallest absolute Gasteiger partial charge is 0.0913 e. The summed E-state index contributed by atoms with van der Waals surface area (Å²) in [4.78, 5) is 4.34. The number of ether oxygens (including phenoxy) is 5. The predicted molar refractivity (Wildman–Crippen MR) is 71.3 cm³/mol. The minimum atomic E-state index is 0.0367. The van der Waals surface area contributed by atoms with Gasteiger partial charge in [-0.2, -0.15) is 0 Å². The van der Waals surface area contributed by atoms with Crippen LogP contribution in [0.4, 0.5) is 0 Å². The van der Waals surface area contributed by atoms with Gasteiger partial charge in [0.15, 0.2) is 0 Å². The van der Waals surface area contributed by atoms with Gasteiger partial charge < -0.3 is 33.6 Å². The molecular formula is C12H27NO7. The second-order valence-corrected chi connectivity index (χ2v) is 3.66.